The van der Waals surface area contributed by atoms with E-state index in [9.17, 15) is 31.1 Å². The number of alkyl halides is 6. The third-order valence-corrected chi connectivity index (χ3v) is 6.37. The Labute approximate surface area is 198 Å². The fourth-order valence-corrected chi connectivity index (χ4v) is 4.41. The zero-order valence-corrected chi connectivity index (χ0v) is 18.8. The molecule has 0 saturated heterocycles. The van der Waals surface area contributed by atoms with Crippen molar-refractivity contribution in [2.24, 2.45) is 0 Å². The van der Waals surface area contributed by atoms with Crippen LogP contribution in [0.3, 0.4) is 0 Å². The molecule has 0 aliphatic heterocycles. The van der Waals surface area contributed by atoms with Gasteiger partial charge >= 0.3 is 12.4 Å². The molecule has 2 aromatic carbocycles. The summed E-state index contributed by atoms with van der Waals surface area (Å²) in [7, 11) is 1.75. The highest BCUT2D eigenvalue weighted by molar-refractivity contribution is 5.93. The van der Waals surface area contributed by atoms with Crippen molar-refractivity contribution in [1.82, 2.24) is 14.5 Å². The topological polar surface area (TPSA) is 38.1 Å². The molecule has 0 unspecified atom stereocenters. The summed E-state index contributed by atoms with van der Waals surface area (Å²) >= 11 is 0. The summed E-state index contributed by atoms with van der Waals surface area (Å²) in [6.45, 7) is 0. The SMILES string of the molecule is CN(C(=O)c1cncn1-c1ccc(-c2cc(C(F)(F)F)cc(C(F)(F)F)c2)cc1)C1CCCCC1. The van der Waals surface area contributed by atoms with E-state index < -0.39 is 23.5 Å². The fourth-order valence-electron chi connectivity index (χ4n) is 4.41. The first-order valence-corrected chi connectivity index (χ1v) is 11.1. The highest BCUT2D eigenvalue weighted by atomic mass is 19.4. The number of carbonyl (C=O) groups excluding carboxylic acids is 1. The summed E-state index contributed by atoms with van der Waals surface area (Å²) in [5, 5.41) is 0. The molecule has 1 aliphatic carbocycles. The van der Waals surface area contributed by atoms with E-state index in [4.69, 9.17) is 0 Å². The van der Waals surface area contributed by atoms with Gasteiger partial charge in [0.1, 0.15) is 5.69 Å². The Morgan fingerprint density at radius 3 is 2.00 bits per heavy atom. The van der Waals surface area contributed by atoms with Gasteiger partial charge in [-0.15, -0.1) is 0 Å². The van der Waals surface area contributed by atoms with Crippen LogP contribution < -0.4 is 0 Å². The van der Waals surface area contributed by atoms with Crippen LogP contribution in [0, 0.1) is 0 Å². The Bertz CT molecular complexity index is 1160. The minimum absolute atomic E-state index is 0.101. The van der Waals surface area contributed by atoms with Crippen molar-refractivity contribution >= 4 is 5.91 Å². The molecular weight excluding hydrogens is 472 g/mol. The van der Waals surface area contributed by atoms with Crippen LogP contribution in [-0.4, -0.2) is 33.4 Å². The van der Waals surface area contributed by atoms with E-state index in [1.54, 1.807) is 16.5 Å². The molecule has 1 aliphatic rings. The van der Waals surface area contributed by atoms with Crippen LogP contribution >= 0.6 is 0 Å². The summed E-state index contributed by atoms with van der Waals surface area (Å²) in [6.07, 6.45) is -1.81. The van der Waals surface area contributed by atoms with Crippen molar-refractivity contribution in [3.05, 3.63) is 71.8 Å². The predicted octanol–water partition coefficient (Wildman–Crippen LogP) is 6.98. The van der Waals surface area contributed by atoms with E-state index in [0.717, 1.165) is 32.1 Å². The molecule has 186 valence electrons. The van der Waals surface area contributed by atoms with Gasteiger partial charge in [0.05, 0.1) is 23.7 Å². The van der Waals surface area contributed by atoms with Crippen molar-refractivity contribution in [3.63, 3.8) is 0 Å². The van der Waals surface area contributed by atoms with Crippen molar-refractivity contribution in [2.75, 3.05) is 7.05 Å². The second-order valence-electron chi connectivity index (χ2n) is 8.70. The van der Waals surface area contributed by atoms with Gasteiger partial charge in [-0.05, 0) is 54.3 Å². The maximum Gasteiger partial charge on any atom is 0.416 e. The zero-order valence-electron chi connectivity index (χ0n) is 18.8. The average molecular weight is 495 g/mol. The number of imidazole rings is 1. The number of hydrogen-bond acceptors (Lipinski definition) is 2. The third-order valence-electron chi connectivity index (χ3n) is 6.37. The van der Waals surface area contributed by atoms with E-state index in [1.807, 2.05) is 0 Å². The van der Waals surface area contributed by atoms with Crippen molar-refractivity contribution in [2.45, 2.75) is 50.5 Å². The Morgan fingerprint density at radius 1 is 0.886 bits per heavy atom. The van der Waals surface area contributed by atoms with Crippen molar-refractivity contribution < 1.29 is 31.1 Å². The molecule has 0 spiro atoms. The van der Waals surface area contributed by atoms with Gasteiger partial charge in [0, 0.05) is 18.8 Å². The number of rotatable bonds is 4. The number of benzene rings is 2. The lowest BCUT2D eigenvalue weighted by Gasteiger charge is -2.31. The second kappa shape index (κ2) is 9.39. The quantitative estimate of drug-likeness (QED) is 0.366. The molecule has 1 fully saturated rings. The lowest BCUT2D eigenvalue weighted by atomic mass is 9.94. The maximum absolute atomic E-state index is 13.2. The Kier molecular flexibility index (Phi) is 6.66. The van der Waals surface area contributed by atoms with Crippen LogP contribution in [-0.2, 0) is 12.4 Å². The van der Waals surface area contributed by atoms with Gasteiger partial charge in [-0.2, -0.15) is 26.3 Å². The molecule has 35 heavy (non-hydrogen) atoms. The largest absolute Gasteiger partial charge is 0.416 e. The lowest BCUT2D eigenvalue weighted by Crippen LogP contribution is -2.39. The molecule has 0 bridgehead atoms. The summed E-state index contributed by atoms with van der Waals surface area (Å²) in [6, 6.07) is 7.53. The van der Waals surface area contributed by atoms with Crippen LogP contribution in [0.5, 0.6) is 0 Å². The summed E-state index contributed by atoms with van der Waals surface area (Å²) in [5.41, 5.74) is -1.95. The van der Waals surface area contributed by atoms with Gasteiger partial charge < -0.3 is 4.90 Å². The van der Waals surface area contributed by atoms with E-state index in [0.29, 0.717) is 23.5 Å². The number of carbonyl (C=O) groups is 1. The molecular formula is C25H23F6N3O. The minimum Gasteiger partial charge on any atom is -0.337 e. The number of nitrogens with zero attached hydrogens (tertiary/aromatic N) is 3. The highest BCUT2D eigenvalue weighted by Crippen LogP contribution is 2.38. The van der Waals surface area contributed by atoms with Crippen LogP contribution in [0.2, 0.25) is 0 Å². The van der Waals surface area contributed by atoms with E-state index in [-0.39, 0.29) is 29.1 Å². The van der Waals surface area contributed by atoms with E-state index >= 15 is 0 Å². The third kappa shape index (κ3) is 5.36. The van der Waals surface area contributed by atoms with Gasteiger partial charge in [0.25, 0.3) is 5.91 Å². The molecule has 0 atom stereocenters. The molecule has 0 radical (unpaired) electrons. The minimum atomic E-state index is -4.92. The molecule has 1 amide bonds. The first kappa shape index (κ1) is 24.8. The summed E-state index contributed by atoms with van der Waals surface area (Å²) in [5.74, 6) is -0.203. The Hall–Kier alpha value is -3.30. The maximum atomic E-state index is 13.2. The smallest absolute Gasteiger partial charge is 0.337 e. The number of halogens is 6. The molecule has 3 aromatic rings. The van der Waals surface area contributed by atoms with Gasteiger partial charge in [0.2, 0.25) is 0 Å². The number of aromatic nitrogens is 2. The summed E-state index contributed by atoms with van der Waals surface area (Å²) in [4.78, 5) is 18.9. The molecule has 4 rings (SSSR count). The van der Waals surface area contributed by atoms with Crippen LogP contribution in [0.15, 0.2) is 55.0 Å². The van der Waals surface area contributed by atoms with Gasteiger partial charge in [-0.1, -0.05) is 31.4 Å². The van der Waals surface area contributed by atoms with Crippen LogP contribution in [0.25, 0.3) is 16.8 Å². The van der Waals surface area contributed by atoms with Gasteiger partial charge in [-0.25, -0.2) is 4.98 Å². The van der Waals surface area contributed by atoms with E-state index in [1.165, 1.54) is 36.8 Å². The molecule has 10 heteroatoms. The molecule has 1 aromatic heterocycles. The lowest BCUT2D eigenvalue weighted by molar-refractivity contribution is -0.143. The first-order chi connectivity index (χ1) is 16.4. The zero-order chi connectivity index (χ0) is 25.4. The average Bonchev–Trinajstić information content (AvgIpc) is 3.32. The van der Waals surface area contributed by atoms with Gasteiger partial charge in [-0.3, -0.25) is 9.36 Å². The standard InChI is InChI=1S/C25H23F6N3O/c1-33(20-5-3-2-4-6-20)23(35)22-14-32-15-34(22)21-9-7-16(8-10-21)17-11-18(24(26,27)28)13-19(12-17)25(29,30)31/h7-15,20H,2-6H2,1H3. The highest BCUT2D eigenvalue weighted by Gasteiger charge is 2.37. The van der Waals surface area contributed by atoms with Crippen molar-refractivity contribution in [3.8, 4) is 16.8 Å². The first-order valence-electron chi connectivity index (χ1n) is 11.1. The summed E-state index contributed by atoms with van der Waals surface area (Å²) < 4.78 is 80.8. The van der Waals surface area contributed by atoms with Crippen molar-refractivity contribution in [1.29, 1.82) is 0 Å². The Balaban J connectivity index is 1.64. The predicted molar refractivity (Wildman–Crippen MR) is 118 cm³/mol. The molecule has 1 heterocycles. The molecule has 4 nitrogen and oxygen atoms in total. The molecule has 0 N–H and O–H groups in total. The number of amides is 1. The van der Waals surface area contributed by atoms with Gasteiger partial charge in [0.15, 0.2) is 0 Å². The fraction of sp³-hybridized carbons (Fsp3) is 0.360. The monoisotopic (exact) mass is 495 g/mol. The Morgan fingerprint density at radius 2 is 1.46 bits per heavy atom. The second-order valence-corrected chi connectivity index (χ2v) is 8.70. The van der Waals surface area contributed by atoms with Crippen LogP contribution in [0.1, 0.15) is 53.7 Å². The molecule has 1 saturated carbocycles. The van der Waals surface area contributed by atoms with Crippen LogP contribution in [0.4, 0.5) is 26.3 Å². The normalized spacial score (nSPS) is 15.3. The number of hydrogen-bond donors (Lipinski definition) is 0. The van der Waals surface area contributed by atoms with E-state index in [2.05, 4.69) is 4.98 Å².